The molecule has 1 unspecified atom stereocenters. The molecule has 0 fully saturated rings. The third-order valence-corrected chi connectivity index (χ3v) is 8.20. The Morgan fingerprint density at radius 1 is 0.688 bits per heavy atom. The lowest BCUT2D eigenvalue weighted by atomic mass is 10.0. The zero-order valence-corrected chi connectivity index (χ0v) is 22.1. The standard InChI is InChI=1S/C27H53O4P/c1-3-5-6-7-8-9-10-11-12-13-14-15-16-17-19-22-25-32(29,30)26-23-20-18-21-24-31-27(28)4-2/h4H,2-3,5-26H2,1H3,(H,29,30). The molecule has 0 saturated carbocycles. The molecule has 0 aliphatic carbocycles. The normalized spacial score (nSPS) is 13.1. The zero-order chi connectivity index (χ0) is 23.8. The van der Waals surface area contributed by atoms with Gasteiger partial charge in [0.1, 0.15) is 0 Å². The Balaban J connectivity index is 3.32. The van der Waals surface area contributed by atoms with Gasteiger partial charge in [-0.05, 0) is 19.3 Å². The van der Waals surface area contributed by atoms with Gasteiger partial charge in [-0.25, -0.2) is 4.79 Å². The monoisotopic (exact) mass is 472 g/mol. The van der Waals surface area contributed by atoms with Gasteiger partial charge < -0.3 is 9.63 Å². The van der Waals surface area contributed by atoms with Gasteiger partial charge in [-0.15, -0.1) is 0 Å². The van der Waals surface area contributed by atoms with E-state index in [4.69, 9.17) is 4.74 Å². The summed E-state index contributed by atoms with van der Waals surface area (Å²) in [5.41, 5.74) is 0. The van der Waals surface area contributed by atoms with E-state index in [1.165, 1.54) is 96.0 Å². The first-order chi connectivity index (χ1) is 15.5. The molecular weight excluding hydrogens is 419 g/mol. The van der Waals surface area contributed by atoms with Gasteiger partial charge >= 0.3 is 5.97 Å². The summed E-state index contributed by atoms with van der Waals surface area (Å²) < 4.78 is 17.2. The van der Waals surface area contributed by atoms with Crippen molar-refractivity contribution in [3.63, 3.8) is 0 Å². The smallest absolute Gasteiger partial charge is 0.330 e. The minimum atomic E-state index is -2.96. The van der Waals surface area contributed by atoms with Crippen LogP contribution in [0.3, 0.4) is 0 Å². The van der Waals surface area contributed by atoms with Gasteiger partial charge in [-0.3, -0.25) is 4.57 Å². The molecule has 0 aromatic rings. The third kappa shape index (κ3) is 24.1. The van der Waals surface area contributed by atoms with E-state index in [1.807, 2.05) is 0 Å². The fraction of sp³-hybridized carbons (Fsp3) is 0.889. The van der Waals surface area contributed by atoms with E-state index in [2.05, 4.69) is 13.5 Å². The molecule has 4 nitrogen and oxygen atoms in total. The van der Waals surface area contributed by atoms with E-state index in [9.17, 15) is 14.3 Å². The summed E-state index contributed by atoms with van der Waals surface area (Å²) in [6, 6.07) is 0. The second kappa shape index (κ2) is 23.6. The first kappa shape index (κ1) is 31.4. The number of carbonyl (C=O) groups is 1. The van der Waals surface area contributed by atoms with Crippen LogP contribution in [0, 0.1) is 0 Å². The van der Waals surface area contributed by atoms with Gasteiger partial charge in [0.25, 0.3) is 0 Å². The van der Waals surface area contributed by atoms with Crippen LogP contribution in [-0.2, 0) is 14.1 Å². The van der Waals surface area contributed by atoms with Crippen LogP contribution in [0.15, 0.2) is 12.7 Å². The van der Waals surface area contributed by atoms with E-state index in [1.54, 1.807) is 0 Å². The van der Waals surface area contributed by atoms with Crippen molar-refractivity contribution in [3.8, 4) is 0 Å². The molecule has 5 heteroatoms. The van der Waals surface area contributed by atoms with Crippen molar-refractivity contribution in [2.45, 2.75) is 135 Å². The SMILES string of the molecule is C=CC(=O)OCCCCCCP(=O)(O)CCCCCCCCCCCCCCCCCC. The summed E-state index contributed by atoms with van der Waals surface area (Å²) in [7, 11) is -2.96. The molecule has 1 N–H and O–H groups in total. The topological polar surface area (TPSA) is 63.6 Å². The van der Waals surface area contributed by atoms with Crippen molar-refractivity contribution < 1.29 is 19.0 Å². The Labute approximate surface area is 199 Å². The van der Waals surface area contributed by atoms with Gasteiger partial charge in [0.2, 0.25) is 7.37 Å². The highest BCUT2D eigenvalue weighted by molar-refractivity contribution is 7.57. The Kier molecular flexibility index (Phi) is 23.1. The van der Waals surface area contributed by atoms with Gasteiger partial charge in [-0.1, -0.05) is 123 Å². The fourth-order valence-electron chi connectivity index (χ4n) is 4.06. The first-order valence-electron chi connectivity index (χ1n) is 13.6. The molecule has 0 aliphatic rings. The highest BCUT2D eigenvalue weighted by Gasteiger charge is 2.16. The molecule has 1 atom stereocenters. The van der Waals surface area contributed by atoms with Crippen LogP contribution in [0.1, 0.15) is 135 Å². The van der Waals surface area contributed by atoms with Crippen LogP contribution in [0.4, 0.5) is 0 Å². The number of hydrogen-bond donors (Lipinski definition) is 1. The lowest BCUT2D eigenvalue weighted by Gasteiger charge is -2.11. The Hall–Kier alpha value is -0.600. The van der Waals surface area contributed by atoms with Crippen LogP contribution in [0.25, 0.3) is 0 Å². The summed E-state index contributed by atoms with van der Waals surface area (Å²) >= 11 is 0. The number of hydrogen-bond acceptors (Lipinski definition) is 3. The molecule has 0 aliphatic heterocycles. The number of rotatable bonds is 25. The maximum atomic E-state index is 12.3. The van der Waals surface area contributed by atoms with Crippen LogP contribution < -0.4 is 0 Å². The zero-order valence-electron chi connectivity index (χ0n) is 21.2. The average Bonchev–Trinajstić information content (AvgIpc) is 2.77. The summed E-state index contributed by atoms with van der Waals surface area (Å²) in [6.07, 6.45) is 26.6. The van der Waals surface area contributed by atoms with Crippen LogP contribution in [0.2, 0.25) is 0 Å². The first-order valence-corrected chi connectivity index (χ1v) is 15.6. The molecule has 0 aromatic heterocycles. The van der Waals surface area contributed by atoms with Crippen LogP contribution >= 0.6 is 7.37 Å². The van der Waals surface area contributed by atoms with Gasteiger partial charge in [0.15, 0.2) is 0 Å². The van der Waals surface area contributed by atoms with Crippen LogP contribution in [0.5, 0.6) is 0 Å². The molecule has 0 saturated heterocycles. The lowest BCUT2D eigenvalue weighted by Crippen LogP contribution is -2.01. The van der Waals surface area contributed by atoms with E-state index in [0.717, 1.165) is 38.5 Å². The van der Waals surface area contributed by atoms with E-state index < -0.39 is 7.37 Å². The van der Waals surface area contributed by atoms with Crippen molar-refractivity contribution in [1.82, 2.24) is 0 Å². The fourth-order valence-corrected chi connectivity index (χ4v) is 5.72. The molecule has 0 amide bonds. The highest BCUT2D eigenvalue weighted by atomic mass is 31.2. The molecular formula is C27H53O4P. The molecule has 0 radical (unpaired) electrons. The summed E-state index contributed by atoms with van der Waals surface area (Å²) in [4.78, 5) is 21.0. The molecule has 190 valence electrons. The van der Waals surface area contributed by atoms with E-state index >= 15 is 0 Å². The Morgan fingerprint density at radius 3 is 1.41 bits per heavy atom. The quantitative estimate of drug-likeness (QED) is 0.0624. The maximum absolute atomic E-state index is 12.3. The minimum Gasteiger partial charge on any atom is -0.463 e. The van der Waals surface area contributed by atoms with Crippen molar-refractivity contribution in [3.05, 3.63) is 12.7 Å². The highest BCUT2D eigenvalue weighted by Crippen LogP contribution is 2.42. The second-order valence-corrected chi connectivity index (χ2v) is 12.0. The average molecular weight is 473 g/mol. The van der Waals surface area contributed by atoms with Gasteiger partial charge in [0.05, 0.1) is 6.61 Å². The van der Waals surface area contributed by atoms with Crippen molar-refractivity contribution in [2.75, 3.05) is 18.9 Å². The van der Waals surface area contributed by atoms with E-state index in [0.29, 0.717) is 18.9 Å². The molecule has 0 spiro atoms. The summed E-state index contributed by atoms with van der Waals surface area (Å²) in [5.74, 6) is -0.385. The Bertz CT molecular complexity index is 478. The second-order valence-electron chi connectivity index (χ2n) is 9.38. The number of carbonyl (C=O) groups excluding carboxylic acids is 1. The summed E-state index contributed by atoms with van der Waals surface area (Å²) in [6.45, 7) is 6.03. The van der Waals surface area contributed by atoms with Gasteiger partial charge in [0, 0.05) is 18.4 Å². The molecule has 32 heavy (non-hydrogen) atoms. The number of ether oxygens (including phenoxy) is 1. The molecule has 0 heterocycles. The Morgan fingerprint density at radius 2 is 1.03 bits per heavy atom. The predicted molar refractivity (Wildman–Crippen MR) is 139 cm³/mol. The largest absolute Gasteiger partial charge is 0.463 e. The molecule has 0 aromatic carbocycles. The minimum absolute atomic E-state index is 0.385. The van der Waals surface area contributed by atoms with Crippen molar-refractivity contribution in [1.29, 1.82) is 0 Å². The predicted octanol–water partition coefficient (Wildman–Crippen LogP) is 8.81. The molecule has 0 rings (SSSR count). The maximum Gasteiger partial charge on any atom is 0.330 e. The van der Waals surface area contributed by atoms with Crippen molar-refractivity contribution in [2.24, 2.45) is 0 Å². The molecule has 0 bridgehead atoms. The third-order valence-electron chi connectivity index (χ3n) is 6.17. The number of esters is 1. The van der Waals surface area contributed by atoms with Crippen molar-refractivity contribution >= 4 is 13.3 Å². The summed E-state index contributed by atoms with van der Waals surface area (Å²) in [5, 5.41) is 0. The number of unbranched alkanes of at least 4 members (excludes halogenated alkanes) is 18. The van der Waals surface area contributed by atoms with Gasteiger partial charge in [-0.2, -0.15) is 0 Å². The van der Waals surface area contributed by atoms with E-state index in [-0.39, 0.29) is 5.97 Å². The van der Waals surface area contributed by atoms with Crippen LogP contribution in [-0.4, -0.2) is 29.8 Å². The lowest BCUT2D eigenvalue weighted by molar-refractivity contribution is -0.137.